The fourth-order valence-corrected chi connectivity index (χ4v) is 5.74. The highest BCUT2D eigenvalue weighted by Crippen LogP contribution is 2.23. The van der Waals surface area contributed by atoms with Crippen LogP contribution in [0.5, 0.6) is 0 Å². The summed E-state index contributed by atoms with van der Waals surface area (Å²) in [5.41, 5.74) is 3.09. The van der Waals surface area contributed by atoms with Gasteiger partial charge in [-0.1, -0.05) is 53.4 Å². The SMILES string of the molecule is Cc1cc(C)cc(N(CC(=O)N(Cc2ccc(Br)cc2)[C@H](C)C(=O)NC2CCCCC2)S(C)(=O)=O)c1. The summed E-state index contributed by atoms with van der Waals surface area (Å²) in [5.74, 6) is -0.654. The molecule has 0 spiro atoms. The molecule has 2 aromatic rings. The van der Waals surface area contributed by atoms with Gasteiger partial charge in [0.2, 0.25) is 21.8 Å². The van der Waals surface area contributed by atoms with Crippen LogP contribution in [-0.4, -0.2) is 50.0 Å². The molecule has 0 radical (unpaired) electrons. The van der Waals surface area contributed by atoms with Crippen molar-refractivity contribution in [1.82, 2.24) is 10.2 Å². The number of aryl methyl sites for hydroxylation is 2. The van der Waals surface area contributed by atoms with Crippen molar-refractivity contribution in [2.24, 2.45) is 0 Å². The first kappa shape index (κ1) is 28.2. The number of amides is 2. The molecule has 36 heavy (non-hydrogen) atoms. The summed E-state index contributed by atoms with van der Waals surface area (Å²) in [7, 11) is -3.75. The van der Waals surface area contributed by atoms with Crippen molar-refractivity contribution < 1.29 is 18.0 Å². The van der Waals surface area contributed by atoms with Crippen LogP contribution in [0.1, 0.15) is 55.7 Å². The molecule has 0 aliphatic heterocycles. The average Bonchev–Trinajstić information content (AvgIpc) is 2.80. The maximum Gasteiger partial charge on any atom is 0.244 e. The smallest absolute Gasteiger partial charge is 0.244 e. The maximum absolute atomic E-state index is 13.7. The van der Waals surface area contributed by atoms with E-state index in [4.69, 9.17) is 0 Å². The molecule has 0 heterocycles. The van der Waals surface area contributed by atoms with Crippen LogP contribution in [0.3, 0.4) is 0 Å². The van der Waals surface area contributed by atoms with E-state index >= 15 is 0 Å². The van der Waals surface area contributed by atoms with Crippen molar-refractivity contribution in [2.75, 3.05) is 17.1 Å². The van der Waals surface area contributed by atoms with Gasteiger partial charge < -0.3 is 10.2 Å². The Bertz CT molecular complexity index is 1160. The van der Waals surface area contributed by atoms with Crippen LogP contribution in [0.2, 0.25) is 0 Å². The third-order valence-electron chi connectivity index (χ3n) is 6.56. The van der Waals surface area contributed by atoms with Crippen molar-refractivity contribution in [2.45, 2.75) is 71.5 Å². The van der Waals surface area contributed by atoms with Gasteiger partial charge in [-0.2, -0.15) is 0 Å². The molecule has 1 aliphatic carbocycles. The number of sulfonamides is 1. The second-order valence-corrected chi connectivity index (χ2v) is 12.6. The van der Waals surface area contributed by atoms with Crippen LogP contribution in [-0.2, 0) is 26.2 Å². The van der Waals surface area contributed by atoms with Crippen LogP contribution < -0.4 is 9.62 Å². The number of halogens is 1. The highest BCUT2D eigenvalue weighted by molar-refractivity contribution is 9.10. The Morgan fingerprint density at radius 1 is 1.03 bits per heavy atom. The first-order valence-electron chi connectivity index (χ1n) is 12.3. The molecule has 0 saturated heterocycles. The molecule has 2 aromatic carbocycles. The predicted molar refractivity (Wildman–Crippen MR) is 147 cm³/mol. The zero-order valence-corrected chi connectivity index (χ0v) is 23.9. The molecule has 3 rings (SSSR count). The number of benzene rings is 2. The zero-order chi connectivity index (χ0) is 26.5. The fraction of sp³-hybridized carbons (Fsp3) is 0.481. The van der Waals surface area contributed by atoms with Crippen molar-refractivity contribution in [3.63, 3.8) is 0 Å². The van der Waals surface area contributed by atoms with Gasteiger partial charge in [-0.25, -0.2) is 8.42 Å². The van der Waals surface area contributed by atoms with Gasteiger partial charge in [0, 0.05) is 17.1 Å². The number of carbonyl (C=O) groups is 2. The van der Waals surface area contributed by atoms with E-state index in [0.717, 1.165) is 57.4 Å². The predicted octanol–water partition coefficient (Wildman–Crippen LogP) is 4.70. The quantitative estimate of drug-likeness (QED) is 0.468. The molecule has 196 valence electrons. The number of nitrogens with one attached hydrogen (secondary N) is 1. The third-order valence-corrected chi connectivity index (χ3v) is 8.23. The van der Waals surface area contributed by atoms with Gasteiger partial charge in [0.15, 0.2) is 0 Å². The van der Waals surface area contributed by atoms with Gasteiger partial charge in [-0.3, -0.25) is 13.9 Å². The number of carbonyl (C=O) groups excluding carboxylic acids is 2. The molecule has 7 nitrogen and oxygen atoms in total. The van der Waals surface area contributed by atoms with Gasteiger partial charge in [-0.05, 0) is 74.6 Å². The van der Waals surface area contributed by atoms with Gasteiger partial charge >= 0.3 is 0 Å². The molecular weight excluding hydrogens is 542 g/mol. The Hall–Kier alpha value is -2.39. The fourth-order valence-electron chi connectivity index (χ4n) is 4.65. The van der Waals surface area contributed by atoms with E-state index in [2.05, 4.69) is 21.2 Å². The molecular formula is C27H36BrN3O4S. The van der Waals surface area contributed by atoms with Gasteiger partial charge in [-0.15, -0.1) is 0 Å². The monoisotopic (exact) mass is 577 g/mol. The number of hydrogen-bond donors (Lipinski definition) is 1. The van der Waals surface area contributed by atoms with Crippen molar-refractivity contribution in [1.29, 1.82) is 0 Å². The van der Waals surface area contributed by atoms with E-state index in [1.54, 1.807) is 19.1 Å². The highest BCUT2D eigenvalue weighted by Gasteiger charge is 2.31. The van der Waals surface area contributed by atoms with Crippen LogP contribution in [0, 0.1) is 13.8 Å². The molecule has 1 N–H and O–H groups in total. The van der Waals surface area contributed by atoms with E-state index in [9.17, 15) is 18.0 Å². The number of hydrogen-bond acceptors (Lipinski definition) is 4. The molecule has 2 amide bonds. The van der Waals surface area contributed by atoms with E-state index in [1.165, 1.54) is 11.3 Å². The zero-order valence-electron chi connectivity index (χ0n) is 21.5. The lowest BCUT2D eigenvalue weighted by atomic mass is 9.95. The average molecular weight is 579 g/mol. The molecule has 1 saturated carbocycles. The van der Waals surface area contributed by atoms with E-state index in [0.29, 0.717) is 5.69 Å². The third kappa shape index (κ3) is 7.80. The molecule has 1 aliphatic rings. The van der Waals surface area contributed by atoms with Gasteiger partial charge in [0.25, 0.3) is 0 Å². The number of anilines is 1. The summed E-state index contributed by atoms with van der Waals surface area (Å²) in [6, 6.07) is 12.3. The lowest BCUT2D eigenvalue weighted by Gasteiger charge is -2.33. The number of rotatable bonds is 9. The van der Waals surface area contributed by atoms with Crippen LogP contribution in [0.25, 0.3) is 0 Å². The molecule has 9 heteroatoms. The van der Waals surface area contributed by atoms with Crippen LogP contribution in [0.15, 0.2) is 46.9 Å². The minimum Gasteiger partial charge on any atom is -0.352 e. The molecule has 0 aromatic heterocycles. The summed E-state index contributed by atoms with van der Waals surface area (Å²) in [5, 5.41) is 3.11. The molecule has 0 bridgehead atoms. The minimum atomic E-state index is -3.75. The summed E-state index contributed by atoms with van der Waals surface area (Å²) in [4.78, 5) is 28.4. The van der Waals surface area contributed by atoms with Crippen molar-refractivity contribution >= 4 is 43.5 Å². The Morgan fingerprint density at radius 3 is 2.17 bits per heavy atom. The Balaban J connectivity index is 1.88. The standard InChI is InChI=1S/C27H36BrN3O4S/c1-19-14-20(2)16-25(15-19)31(36(4,34)35)18-26(32)30(17-22-10-12-23(28)13-11-22)21(3)27(33)29-24-8-6-5-7-9-24/h10-16,21,24H,5-9,17-18H2,1-4H3,(H,29,33)/t21-/m1/s1. The summed E-state index contributed by atoms with van der Waals surface area (Å²) >= 11 is 3.42. The van der Waals surface area contributed by atoms with Crippen LogP contribution >= 0.6 is 15.9 Å². The molecule has 1 atom stereocenters. The minimum absolute atomic E-state index is 0.112. The lowest BCUT2D eigenvalue weighted by molar-refractivity contribution is -0.139. The Labute approximate surface area is 223 Å². The summed E-state index contributed by atoms with van der Waals surface area (Å²) < 4.78 is 27.5. The molecule has 0 unspecified atom stereocenters. The second kappa shape index (κ2) is 12.2. The van der Waals surface area contributed by atoms with Crippen LogP contribution in [0.4, 0.5) is 5.69 Å². The summed E-state index contributed by atoms with van der Waals surface area (Å²) in [6.07, 6.45) is 6.31. The highest BCUT2D eigenvalue weighted by atomic mass is 79.9. The van der Waals surface area contributed by atoms with E-state index < -0.39 is 22.0 Å². The normalized spacial score (nSPS) is 15.2. The van der Waals surface area contributed by atoms with Gasteiger partial charge in [0.05, 0.1) is 11.9 Å². The number of nitrogens with zero attached hydrogens (tertiary/aromatic N) is 2. The van der Waals surface area contributed by atoms with Crippen molar-refractivity contribution in [3.05, 3.63) is 63.6 Å². The maximum atomic E-state index is 13.7. The topological polar surface area (TPSA) is 86.8 Å². The second-order valence-electron chi connectivity index (χ2n) is 9.78. The first-order valence-corrected chi connectivity index (χ1v) is 15.0. The van der Waals surface area contributed by atoms with Gasteiger partial charge in [0.1, 0.15) is 12.6 Å². The largest absolute Gasteiger partial charge is 0.352 e. The Morgan fingerprint density at radius 2 is 1.61 bits per heavy atom. The lowest BCUT2D eigenvalue weighted by Crippen LogP contribution is -2.53. The Kier molecular flexibility index (Phi) is 9.58. The first-order chi connectivity index (χ1) is 16.9. The van der Waals surface area contributed by atoms with Crippen molar-refractivity contribution in [3.8, 4) is 0 Å². The molecule has 1 fully saturated rings. The van der Waals surface area contributed by atoms with E-state index in [1.807, 2.05) is 44.2 Å². The summed E-state index contributed by atoms with van der Waals surface area (Å²) in [6.45, 7) is 5.28. The van der Waals surface area contributed by atoms with E-state index in [-0.39, 0.29) is 25.0 Å².